The molecule has 4 nitrogen and oxygen atoms in total. The van der Waals surface area contributed by atoms with E-state index in [1.54, 1.807) is 0 Å². The summed E-state index contributed by atoms with van der Waals surface area (Å²) >= 11 is 0. The molecule has 1 aliphatic heterocycles. The molecule has 1 aromatic heterocycles. The second kappa shape index (κ2) is 15.2. The van der Waals surface area contributed by atoms with E-state index in [4.69, 9.17) is 14.2 Å². The molecule has 188 valence electrons. The minimum absolute atomic E-state index is 0.298. The van der Waals surface area contributed by atoms with Crippen molar-refractivity contribution in [3.05, 3.63) is 48.2 Å². The zero-order valence-electron chi connectivity index (χ0n) is 21.6. The number of benzene rings is 1. The highest BCUT2D eigenvalue weighted by molar-refractivity contribution is 5.60. The van der Waals surface area contributed by atoms with Crippen molar-refractivity contribution in [1.82, 2.24) is 4.98 Å². The Hall–Kier alpha value is -1.91. The van der Waals surface area contributed by atoms with Crippen molar-refractivity contribution in [2.75, 3.05) is 19.8 Å². The third-order valence-corrected chi connectivity index (χ3v) is 6.95. The van der Waals surface area contributed by atoms with E-state index in [2.05, 4.69) is 44.0 Å². The standard InChI is InChI=1S/C30H45NO3/c1-4-6-7-8-9-10-13-25-22-33-30(34-23-25)27-16-19-29(31-21-27)26-14-17-28(18-15-26)32-20-11-12-24(3)5-2/h14-19,21,24-25,30H,4-13,20,22-23H2,1-3H3/t24-,25?,30?/m0/s1. The average Bonchev–Trinajstić information content (AvgIpc) is 2.89. The van der Waals surface area contributed by atoms with E-state index in [1.165, 1.54) is 57.8 Å². The van der Waals surface area contributed by atoms with Crippen molar-refractivity contribution in [3.8, 4) is 17.0 Å². The SMILES string of the molecule is CCCCCCCCC1COC(c2ccc(-c3ccc(OCCC[C@@H](C)CC)cc3)nc2)OC1. The molecule has 0 saturated carbocycles. The summed E-state index contributed by atoms with van der Waals surface area (Å²) in [7, 11) is 0. The lowest BCUT2D eigenvalue weighted by Crippen LogP contribution is -2.27. The van der Waals surface area contributed by atoms with Gasteiger partial charge in [-0.1, -0.05) is 71.8 Å². The molecule has 0 bridgehead atoms. The molecule has 0 unspecified atom stereocenters. The van der Waals surface area contributed by atoms with Gasteiger partial charge in [0.05, 0.1) is 25.5 Å². The Morgan fingerprint density at radius 3 is 2.32 bits per heavy atom. The van der Waals surface area contributed by atoms with Crippen LogP contribution in [0.4, 0.5) is 0 Å². The van der Waals surface area contributed by atoms with Gasteiger partial charge in [-0.25, -0.2) is 0 Å². The van der Waals surface area contributed by atoms with E-state index in [0.29, 0.717) is 5.92 Å². The first-order valence-corrected chi connectivity index (χ1v) is 13.6. The maximum absolute atomic E-state index is 6.02. The number of unbranched alkanes of at least 4 members (excludes halogenated alkanes) is 5. The quantitative estimate of drug-likeness (QED) is 0.247. The minimum atomic E-state index is -0.298. The molecule has 0 radical (unpaired) electrons. The molecule has 1 aromatic carbocycles. The highest BCUT2D eigenvalue weighted by atomic mass is 16.7. The molecular formula is C30H45NO3. The molecule has 0 amide bonds. The molecule has 0 aliphatic carbocycles. The van der Waals surface area contributed by atoms with Crippen molar-refractivity contribution in [3.63, 3.8) is 0 Å². The van der Waals surface area contributed by atoms with Gasteiger partial charge in [0.2, 0.25) is 0 Å². The first-order chi connectivity index (χ1) is 16.7. The molecule has 2 aromatic rings. The first kappa shape index (κ1) is 26.7. The van der Waals surface area contributed by atoms with Gasteiger partial charge in [0.15, 0.2) is 6.29 Å². The van der Waals surface area contributed by atoms with Gasteiger partial charge in [0, 0.05) is 23.2 Å². The van der Waals surface area contributed by atoms with E-state index in [-0.39, 0.29) is 6.29 Å². The number of ether oxygens (including phenoxy) is 3. The second-order valence-electron chi connectivity index (χ2n) is 9.93. The van der Waals surface area contributed by atoms with Crippen LogP contribution in [0.3, 0.4) is 0 Å². The summed E-state index contributed by atoms with van der Waals surface area (Å²) in [6.07, 6.45) is 14.4. The van der Waals surface area contributed by atoms with E-state index in [9.17, 15) is 0 Å². The van der Waals surface area contributed by atoms with Crippen LogP contribution in [0, 0.1) is 11.8 Å². The van der Waals surface area contributed by atoms with Crippen LogP contribution in [0.25, 0.3) is 11.3 Å². The summed E-state index contributed by atoms with van der Waals surface area (Å²) in [5.74, 6) is 2.21. The molecule has 3 rings (SSSR count). The number of pyridine rings is 1. The molecule has 0 spiro atoms. The zero-order chi connectivity index (χ0) is 24.0. The van der Waals surface area contributed by atoms with Gasteiger partial charge in [0.1, 0.15) is 5.75 Å². The van der Waals surface area contributed by atoms with Crippen molar-refractivity contribution >= 4 is 0 Å². The smallest absolute Gasteiger partial charge is 0.185 e. The average molecular weight is 468 g/mol. The van der Waals surface area contributed by atoms with Crippen molar-refractivity contribution in [1.29, 1.82) is 0 Å². The van der Waals surface area contributed by atoms with Gasteiger partial charge >= 0.3 is 0 Å². The Morgan fingerprint density at radius 2 is 1.65 bits per heavy atom. The highest BCUT2D eigenvalue weighted by Gasteiger charge is 2.23. The Kier molecular flexibility index (Phi) is 11.9. The largest absolute Gasteiger partial charge is 0.494 e. The van der Waals surface area contributed by atoms with E-state index in [0.717, 1.165) is 54.7 Å². The van der Waals surface area contributed by atoms with Crippen LogP contribution in [0.1, 0.15) is 96.8 Å². The number of rotatable bonds is 15. The minimum Gasteiger partial charge on any atom is -0.494 e. The summed E-state index contributed by atoms with van der Waals surface area (Å²) in [5, 5.41) is 0. The third-order valence-electron chi connectivity index (χ3n) is 6.95. The summed E-state index contributed by atoms with van der Waals surface area (Å²) < 4.78 is 17.9. The van der Waals surface area contributed by atoms with Crippen molar-refractivity contribution < 1.29 is 14.2 Å². The number of aromatic nitrogens is 1. The van der Waals surface area contributed by atoms with Crippen LogP contribution in [0.15, 0.2) is 42.6 Å². The topological polar surface area (TPSA) is 40.6 Å². The van der Waals surface area contributed by atoms with Gasteiger partial charge in [-0.2, -0.15) is 0 Å². The Bertz CT molecular complexity index is 782. The van der Waals surface area contributed by atoms with Crippen LogP contribution in [0.2, 0.25) is 0 Å². The van der Waals surface area contributed by atoms with Gasteiger partial charge < -0.3 is 14.2 Å². The fourth-order valence-corrected chi connectivity index (χ4v) is 4.38. The highest BCUT2D eigenvalue weighted by Crippen LogP contribution is 2.28. The molecular weight excluding hydrogens is 422 g/mol. The summed E-state index contributed by atoms with van der Waals surface area (Å²) in [5.41, 5.74) is 3.02. The van der Waals surface area contributed by atoms with Gasteiger partial charge in [-0.05, 0) is 55.5 Å². The number of hydrogen-bond donors (Lipinski definition) is 0. The van der Waals surface area contributed by atoms with Gasteiger partial charge in [-0.15, -0.1) is 0 Å². The van der Waals surface area contributed by atoms with E-state index in [1.807, 2.05) is 24.4 Å². The predicted octanol–water partition coefficient (Wildman–Crippen LogP) is 8.37. The van der Waals surface area contributed by atoms with Crippen molar-refractivity contribution in [2.24, 2.45) is 11.8 Å². The summed E-state index contributed by atoms with van der Waals surface area (Å²) in [4.78, 5) is 4.66. The van der Waals surface area contributed by atoms with Crippen LogP contribution in [-0.2, 0) is 9.47 Å². The monoisotopic (exact) mass is 467 g/mol. The lowest BCUT2D eigenvalue weighted by molar-refractivity contribution is -0.206. The van der Waals surface area contributed by atoms with Gasteiger partial charge in [0.25, 0.3) is 0 Å². The molecule has 1 saturated heterocycles. The molecule has 4 heteroatoms. The molecule has 34 heavy (non-hydrogen) atoms. The molecule has 2 heterocycles. The van der Waals surface area contributed by atoms with Crippen LogP contribution >= 0.6 is 0 Å². The summed E-state index contributed by atoms with van der Waals surface area (Å²) in [6, 6.07) is 12.3. The predicted molar refractivity (Wildman–Crippen MR) is 140 cm³/mol. The van der Waals surface area contributed by atoms with Crippen LogP contribution in [-0.4, -0.2) is 24.8 Å². The number of nitrogens with zero attached hydrogens (tertiary/aromatic N) is 1. The summed E-state index contributed by atoms with van der Waals surface area (Å²) in [6.45, 7) is 9.14. The maximum Gasteiger partial charge on any atom is 0.185 e. The Balaban J connectivity index is 1.38. The molecule has 1 aliphatic rings. The molecule has 0 N–H and O–H groups in total. The van der Waals surface area contributed by atoms with Crippen LogP contribution in [0.5, 0.6) is 5.75 Å². The van der Waals surface area contributed by atoms with E-state index >= 15 is 0 Å². The maximum atomic E-state index is 6.02. The Labute approximate surface area is 207 Å². The van der Waals surface area contributed by atoms with Gasteiger partial charge in [-0.3, -0.25) is 4.98 Å². The van der Waals surface area contributed by atoms with E-state index < -0.39 is 0 Å². The first-order valence-electron chi connectivity index (χ1n) is 13.6. The lowest BCUT2D eigenvalue weighted by Gasteiger charge is -2.29. The lowest BCUT2D eigenvalue weighted by atomic mass is 10.0. The van der Waals surface area contributed by atoms with Crippen LogP contribution < -0.4 is 4.74 Å². The number of hydrogen-bond acceptors (Lipinski definition) is 4. The fourth-order valence-electron chi connectivity index (χ4n) is 4.38. The zero-order valence-corrected chi connectivity index (χ0v) is 21.6. The third kappa shape index (κ3) is 9.03. The second-order valence-corrected chi connectivity index (χ2v) is 9.93. The fraction of sp³-hybridized carbons (Fsp3) is 0.633. The normalized spacial score (nSPS) is 19.1. The molecule has 1 fully saturated rings. The Morgan fingerprint density at radius 1 is 0.912 bits per heavy atom. The molecule has 1 atom stereocenters. The van der Waals surface area contributed by atoms with Crippen molar-refractivity contribution in [2.45, 2.75) is 91.3 Å².